The van der Waals surface area contributed by atoms with E-state index in [0.717, 1.165) is 82.6 Å². The van der Waals surface area contributed by atoms with Crippen molar-refractivity contribution < 1.29 is 9.15 Å². The molecule has 1 aliphatic rings. The van der Waals surface area contributed by atoms with Crippen LogP contribution in [0.3, 0.4) is 0 Å². The minimum atomic E-state index is 0.450. The van der Waals surface area contributed by atoms with Crippen LogP contribution in [0.1, 0.15) is 43.7 Å². The maximum atomic E-state index is 5.42. The second-order valence-electron chi connectivity index (χ2n) is 6.64. The topological polar surface area (TPSA) is 91.6 Å². The van der Waals surface area contributed by atoms with Crippen LogP contribution in [-0.2, 0) is 11.2 Å². The number of guanidine groups is 1. The summed E-state index contributed by atoms with van der Waals surface area (Å²) in [5, 5.41) is 10.5. The van der Waals surface area contributed by atoms with Crippen molar-refractivity contribution in [2.45, 2.75) is 38.5 Å². The highest BCUT2D eigenvalue weighted by molar-refractivity contribution is 5.80. The molecule has 2 aromatic rings. The normalized spacial score (nSPS) is 16.0. The third kappa shape index (κ3) is 6.09. The van der Waals surface area contributed by atoms with Gasteiger partial charge in [-0.3, -0.25) is 10.1 Å². The van der Waals surface area contributed by atoms with Gasteiger partial charge in [-0.05, 0) is 38.3 Å². The summed E-state index contributed by atoms with van der Waals surface area (Å²) in [4.78, 5) is 11.5. The molecule has 8 heteroatoms. The van der Waals surface area contributed by atoms with Gasteiger partial charge in [-0.15, -0.1) is 0 Å². The number of furan rings is 1. The van der Waals surface area contributed by atoms with Gasteiger partial charge >= 0.3 is 0 Å². The van der Waals surface area contributed by atoms with E-state index in [4.69, 9.17) is 14.1 Å². The Bertz CT molecular complexity index is 648. The van der Waals surface area contributed by atoms with E-state index in [1.54, 1.807) is 12.6 Å². The number of aromatic amines is 1. The molecule has 0 aromatic carbocycles. The molecular weight excluding hydrogens is 344 g/mol. The smallest absolute Gasteiger partial charge is 0.193 e. The highest BCUT2D eigenvalue weighted by Crippen LogP contribution is 2.24. The summed E-state index contributed by atoms with van der Waals surface area (Å²) in [6, 6.07) is 3.93. The van der Waals surface area contributed by atoms with Gasteiger partial charge in [0.1, 0.15) is 17.9 Å². The standard InChI is InChI=1S/C19H30N6O2/c1-2-26-13-4-9-20-19(21-10-6-17-5-3-14-27-17)25-11-7-16(8-12-25)18-22-15-23-24-18/h3,5,14-16H,2,4,6-13H2,1H3,(H,20,21)(H,22,23,24). The summed E-state index contributed by atoms with van der Waals surface area (Å²) in [6.45, 7) is 7.03. The molecule has 0 radical (unpaired) electrons. The van der Waals surface area contributed by atoms with Crippen molar-refractivity contribution in [3.63, 3.8) is 0 Å². The van der Waals surface area contributed by atoms with Crippen LogP contribution in [0.15, 0.2) is 34.1 Å². The number of nitrogens with zero attached hydrogens (tertiary/aromatic N) is 4. The summed E-state index contributed by atoms with van der Waals surface area (Å²) >= 11 is 0. The molecular formula is C19H30N6O2. The van der Waals surface area contributed by atoms with Crippen LogP contribution in [-0.4, -0.2) is 65.4 Å². The Morgan fingerprint density at radius 1 is 1.44 bits per heavy atom. The first-order valence-electron chi connectivity index (χ1n) is 9.85. The second-order valence-corrected chi connectivity index (χ2v) is 6.64. The predicted molar refractivity (Wildman–Crippen MR) is 104 cm³/mol. The SMILES string of the molecule is CCOCCCN=C(NCCc1ccco1)N1CCC(c2ncn[nH]2)CC1. The molecule has 0 atom stereocenters. The van der Waals surface area contributed by atoms with Gasteiger partial charge in [0.05, 0.1) is 6.26 Å². The van der Waals surface area contributed by atoms with E-state index >= 15 is 0 Å². The molecule has 0 bridgehead atoms. The lowest BCUT2D eigenvalue weighted by Crippen LogP contribution is -2.46. The Morgan fingerprint density at radius 3 is 3.04 bits per heavy atom. The van der Waals surface area contributed by atoms with Crippen molar-refractivity contribution in [1.29, 1.82) is 0 Å². The number of piperidine rings is 1. The zero-order valence-corrected chi connectivity index (χ0v) is 16.1. The van der Waals surface area contributed by atoms with Gasteiger partial charge < -0.3 is 19.4 Å². The van der Waals surface area contributed by atoms with Gasteiger partial charge in [0, 0.05) is 51.7 Å². The maximum absolute atomic E-state index is 5.42. The van der Waals surface area contributed by atoms with Gasteiger partial charge in [-0.25, -0.2) is 4.98 Å². The molecule has 1 fully saturated rings. The molecule has 0 aliphatic carbocycles. The van der Waals surface area contributed by atoms with Gasteiger partial charge in [0.25, 0.3) is 0 Å². The first-order valence-corrected chi connectivity index (χ1v) is 9.85. The highest BCUT2D eigenvalue weighted by atomic mass is 16.5. The van der Waals surface area contributed by atoms with E-state index < -0.39 is 0 Å². The Labute approximate surface area is 160 Å². The zero-order chi connectivity index (χ0) is 18.7. The molecule has 2 N–H and O–H groups in total. The van der Waals surface area contributed by atoms with Gasteiger partial charge in [-0.2, -0.15) is 5.10 Å². The third-order valence-corrected chi connectivity index (χ3v) is 4.76. The van der Waals surface area contributed by atoms with Crippen LogP contribution < -0.4 is 5.32 Å². The van der Waals surface area contributed by atoms with Crippen molar-refractivity contribution in [3.05, 3.63) is 36.3 Å². The average molecular weight is 374 g/mol. The van der Waals surface area contributed by atoms with Gasteiger partial charge in [0.15, 0.2) is 5.96 Å². The van der Waals surface area contributed by atoms with Crippen molar-refractivity contribution in [1.82, 2.24) is 25.4 Å². The van der Waals surface area contributed by atoms with Crippen LogP contribution >= 0.6 is 0 Å². The number of ether oxygens (including phenoxy) is 1. The van der Waals surface area contributed by atoms with Crippen molar-refractivity contribution >= 4 is 5.96 Å². The molecule has 1 aliphatic heterocycles. The molecule has 2 aromatic heterocycles. The lowest BCUT2D eigenvalue weighted by Gasteiger charge is -2.33. The molecule has 0 saturated carbocycles. The van der Waals surface area contributed by atoms with Crippen LogP contribution in [0.2, 0.25) is 0 Å². The molecule has 0 unspecified atom stereocenters. The largest absolute Gasteiger partial charge is 0.469 e. The van der Waals surface area contributed by atoms with Crippen LogP contribution in [0.5, 0.6) is 0 Å². The van der Waals surface area contributed by atoms with Crippen LogP contribution in [0.4, 0.5) is 0 Å². The van der Waals surface area contributed by atoms with Crippen molar-refractivity contribution in [2.75, 3.05) is 39.4 Å². The molecule has 8 nitrogen and oxygen atoms in total. The molecule has 3 heterocycles. The zero-order valence-electron chi connectivity index (χ0n) is 16.1. The third-order valence-electron chi connectivity index (χ3n) is 4.76. The number of hydrogen-bond donors (Lipinski definition) is 2. The average Bonchev–Trinajstić information content (AvgIpc) is 3.41. The predicted octanol–water partition coefficient (Wildman–Crippen LogP) is 2.19. The number of aliphatic imine (C=N–C) groups is 1. The number of rotatable bonds is 9. The van der Waals surface area contributed by atoms with Gasteiger partial charge in [-0.1, -0.05) is 0 Å². The number of likely N-dealkylation sites (tertiary alicyclic amines) is 1. The number of H-pyrrole nitrogens is 1. The minimum Gasteiger partial charge on any atom is -0.469 e. The molecule has 3 rings (SSSR count). The van der Waals surface area contributed by atoms with Gasteiger partial charge in [0.2, 0.25) is 0 Å². The fourth-order valence-corrected chi connectivity index (χ4v) is 3.29. The highest BCUT2D eigenvalue weighted by Gasteiger charge is 2.24. The number of hydrogen-bond acceptors (Lipinski definition) is 5. The van der Waals surface area contributed by atoms with Crippen molar-refractivity contribution in [3.8, 4) is 0 Å². The minimum absolute atomic E-state index is 0.450. The lowest BCUT2D eigenvalue weighted by atomic mass is 9.96. The second kappa shape index (κ2) is 10.7. The molecule has 0 amide bonds. The fraction of sp³-hybridized carbons (Fsp3) is 0.632. The first-order chi connectivity index (χ1) is 13.4. The molecule has 27 heavy (non-hydrogen) atoms. The van der Waals surface area contributed by atoms with Crippen LogP contribution in [0, 0.1) is 0 Å². The Kier molecular flexibility index (Phi) is 7.70. The lowest BCUT2D eigenvalue weighted by molar-refractivity contribution is 0.146. The molecule has 148 valence electrons. The quantitative estimate of drug-likeness (QED) is 0.397. The first kappa shape index (κ1) is 19.4. The van der Waals surface area contributed by atoms with E-state index in [-0.39, 0.29) is 0 Å². The Hall–Kier alpha value is -2.35. The summed E-state index contributed by atoms with van der Waals surface area (Å²) in [5.41, 5.74) is 0. The Morgan fingerprint density at radius 2 is 2.33 bits per heavy atom. The summed E-state index contributed by atoms with van der Waals surface area (Å²) in [5.74, 6) is 3.41. The Balaban J connectivity index is 1.51. The summed E-state index contributed by atoms with van der Waals surface area (Å²) < 4.78 is 10.8. The van der Waals surface area contributed by atoms with E-state index in [2.05, 4.69) is 25.4 Å². The van der Waals surface area contributed by atoms with E-state index in [9.17, 15) is 0 Å². The van der Waals surface area contributed by atoms with E-state index in [1.165, 1.54) is 0 Å². The van der Waals surface area contributed by atoms with E-state index in [0.29, 0.717) is 5.92 Å². The summed E-state index contributed by atoms with van der Waals surface area (Å²) in [7, 11) is 0. The van der Waals surface area contributed by atoms with E-state index in [1.807, 2.05) is 19.1 Å². The fourth-order valence-electron chi connectivity index (χ4n) is 3.29. The monoisotopic (exact) mass is 374 g/mol. The summed E-state index contributed by atoms with van der Waals surface area (Å²) in [6.07, 6.45) is 7.18. The van der Waals surface area contributed by atoms with Crippen molar-refractivity contribution in [2.24, 2.45) is 4.99 Å². The maximum Gasteiger partial charge on any atom is 0.193 e. The molecule has 1 saturated heterocycles. The van der Waals surface area contributed by atoms with Crippen LogP contribution in [0.25, 0.3) is 0 Å². The number of aromatic nitrogens is 3. The number of nitrogens with one attached hydrogen (secondary N) is 2. The molecule has 0 spiro atoms.